The molecule has 0 aliphatic carbocycles. The number of piperidine rings is 1. The van der Waals surface area contributed by atoms with Crippen LogP contribution in [0.3, 0.4) is 0 Å². The minimum absolute atomic E-state index is 0.134. The zero-order valence-electron chi connectivity index (χ0n) is 15.0. The summed E-state index contributed by atoms with van der Waals surface area (Å²) in [5, 5.41) is 2.76. The van der Waals surface area contributed by atoms with Crippen molar-refractivity contribution in [1.29, 1.82) is 0 Å². The van der Waals surface area contributed by atoms with Gasteiger partial charge in [-0.2, -0.15) is 0 Å². The van der Waals surface area contributed by atoms with Crippen LogP contribution < -0.4 is 26.0 Å². The van der Waals surface area contributed by atoms with Crippen LogP contribution in [0.4, 0.5) is 21.5 Å². The van der Waals surface area contributed by atoms with Crippen molar-refractivity contribution in [3.63, 3.8) is 0 Å². The second-order valence-electron chi connectivity index (χ2n) is 7.31. The van der Waals surface area contributed by atoms with E-state index >= 15 is 0 Å². The summed E-state index contributed by atoms with van der Waals surface area (Å²) < 4.78 is 13.3. The van der Waals surface area contributed by atoms with Gasteiger partial charge in [0, 0.05) is 37.8 Å². The minimum Gasteiger partial charge on any atom is -0.366 e. The highest BCUT2D eigenvalue weighted by Gasteiger charge is 2.34. The molecule has 0 saturated carbocycles. The standard InChI is InChI=1S/C20H22FN3O3/c21-14-4-3-5-15(12-14)22-20(27)13-6-10-24(11-7-13)17-16(18(25)19(17)26)23-8-1-2-9-23/h3-5,12-13H,1-2,6-11H2,(H,22,27). The predicted molar refractivity (Wildman–Crippen MR) is 103 cm³/mol. The second-order valence-corrected chi connectivity index (χ2v) is 7.31. The Morgan fingerprint density at radius 1 is 0.963 bits per heavy atom. The summed E-state index contributed by atoms with van der Waals surface area (Å²) in [6.45, 7) is 2.77. The Balaban J connectivity index is 1.39. The van der Waals surface area contributed by atoms with Crippen LogP contribution in [0.5, 0.6) is 0 Å². The summed E-state index contributed by atoms with van der Waals surface area (Å²) in [6.07, 6.45) is 3.28. The Labute approximate surface area is 156 Å². The quantitative estimate of drug-likeness (QED) is 0.831. The normalized spacial score (nSPS) is 18.3. The lowest BCUT2D eigenvalue weighted by Crippen LogP contribution is -2.48. The molecule has 2 aliphatic rings. The average molecular weight is 371 g/mol. The van der Waals surface area contributed by atoms with Crippen LogP contribution >= 0.6 is 0 Å². The molecule has 2 aliphatic heterocycles. The fourth-order valence-corrected chi connectivity index (χ4v) is 4.07. The largest absolute Gasteiger partial charge is 0.366 e. The molecular weight excluding hydrogens is 349 g/mol. The van der Waals surface area contributed by atoms with Crippen molar-refractivity contribution in [1.82, 2.24) is 0 Å². The predicted octanol–water partition coefficient (Wildman–Crippen LogP) is 1.88. The molecule has 142 valence electrons. The van der Waals surface area contributed by atoms with Crippen molar-refractivity contribution in [2.75, 3.05) is 41.3 Å². The highest BCUT2D eigenvalue weighted by Crippen LogP contribution is 2.31. The van der Waals surface area contributed by atoms with E-state index in [4.69, 9.17) is 0 Å². The molecule has 27 heavy (non-hydrogen) atoms. The number of hydrogen-bond donors (Lipinski definition) is 1. The van der Waals surface area contributed by atoms with Crippen LogP contribution in [0.2, 0.25) is 0 Å². The summed E-state index contributed by atoms with van der Waals surface area (Å²) in [7, 11) is 0. The van der Waals surface area contributed by atoms with Crippen LogP contribution in [-0.2, 0) is 4.79 Å². The number of rotatable bonds is 4. The highest BCUT2D eigenvalue weighted by molar-refractivity contribution is 5.92. The molecule has 1 N–H and O–H groups in total. The van der Waals surface area contributed by atoms with Crippen molar-refractivity contribution >= 4 is 23.0 Å². The summed E-state index contributed by atoms with van der Waals surface area (Å²) in [5.74, 6) is -0.714. The van der Waals surface area contributed by atoms with Crippen LogP contribution in [0.25, 0.3) is 0 Å². The number of nitrogens with zero attached hydrogens (tertiary/aromatic N) is 2. The van der Waals surface area contributed by atoms with E-state index in [1.54, 1.807) is 12.1 Å². The van der Waals surface area contributed by atoms with Gasteiger partial charge in [0.1, 0.15) is 17.2 Å². The molecule has 0 aromatic heterocycles. The first-order chi connectivity index (χ1) is 13.0. The van der Waals surface area contributed by atoms with Gasteiger partial charge < -0.3 is 15.1 Å². The lowest BCUT2D eigenvalue weighted by atomic mass is 9.94. The number of amides is 1. The number of carbonyl (C=O) groups is 1. The number of carbonyl (C=O) groups excluding carboxylic acids is 1. The fourth-order valence-electron chi connectivity index (χ4n) is 4.07. The molecular formula is C20H22FN3O3. The monoisotopic (exact) mass is 371 g/mol. The summed E-state index contributed by atoms with van der Waals surface area (Å²) in [4.78, 5) is 40.6. The molecule has 0 radical (unpaired) electrons. The summed E-state index contributed by atoms with van der Waals surface area (Å²) in [5.41, 5.74) is 0.768. The van der Waals surface area contributed by atoms with Gasteiger partial charge in [0.2, 0.25) is 5.91 Å². The van der Waals surface area contributed by atoms with E-state index in [0.29, 0.717) is 43.0 Å². The first kappa shape index (κ1) is 17.7. The first-order valence-corrected chi connectivity index (χ1v) is 9.44. The van der Waals surface area contributed by atoms with E-state index in [1.807, 2.05) is 9.80 Å². The number of nitrogens with one attached hydrogen (secondary N) is 1. The Kier molecular flexibility index (Phi) is 4.68. The molecule has 0 atom stereocenters. The third kappa shape index (κ3) is 3.34. The maximum Gasteiger partial charge on any atom is 0.253 e. The van der Waals surface area contributed by atoms with Gasteiger partial charge in [-0.3, -0.25) is 14.4 Å². The van der Waals surface area contributed by atoms with Crippen LogP contribution in [-0.4, -0.2) is 32.1 Å². The van der Waals surface area contributed by atoms with Crippen LogP contribution in [0.15, 0.2) is 33.9 Å². The zero-order valence-corrected chi connectivity index (χ0v) is 15.0. The van der Waals surface area contributed by atoms with Crippen molar-refractivity contribution in [3.8, 4) is 0 Å². The third-order valence-electron chi connectivity index (χ3n) is 5.56. The van der Waals surface area contributed by atoms with Gasteiger partial charge >= 0.3 is 0 Å². The van der Waals surface area contributed by atoms with E-state index < -0.39 is 11.2 Å². The lowest BCUT2D eigenvalue weighted by molar-refractivity contribution is -0.120. The first-order valence-electron chi connectivity index (χ1n) is 9.44. The zero-order chi connectivity index (χ0) is 19.0. The van der Waals surface area contributed by atoms with Crippen LogP contribution in [0.1, 0.15) is 25.7 Å². The van der Waals surface area contributed by atoms with Crippen molar-refractivity contribution in [2.24, 2.45) is 5.92 Å². The molecule has 6 nitrogen and oxygen atoms in total. The van der Waals surface area contributed by atoms with Gasteiger partial charge in [-0.1, -0.05) is 6.07 Å². The second kappa shape index (κ2) is 7.13. The van der Waals surface area contributed by atoms with E-state index in [9.17, 15) is 18.8 Å². The Bertz CT molecular complexity index is 921. The average Bonchev–Trinajstić information content (AvgIpc) is 3.19. The molecule has 2 heterocycles. The molecule has 2 fully saturated rings. The van der Waals surface area contributed by atoms with E-state index in [2.05, 4.69) is 5.32 Å². The summed E-state index contributed by atoms with van der Waals surface area (Å²) >= 11 is 0. The topological polar surface area (TPSA) is 69.7 Å². The van der Waals surface area contributed by atoms with Gasteiger partial charge in [0.25, 0.3) is 10.9 Å². The maximum atomic E-state index is 13.3. The molecule has 0 unspecified atom stereocenters. The van der Waals surface area contributed by atoms with Crippen molar-refractivity contribution < 1.29 is 9.18 Å². The number of hydrogen-bond acceptors (Lipinski definition) is 5. The van der Waals surface area contributed by atoms with Gasteiger partial charge in [0.05, 0.1) is 0 Å². The van der Waals surface area contributed by atoms with Gasteiger partial charge in [-0.05, 0) is 43.9 Å². The molecule has 0 bridgehead atoms. The highest BCUT2D eigenvalue weighted by atomic mass is 19.1. The van der Waals surface area contributed by atoms with Gasteiger partial charge in [-0.25, -0.2) is 4.39 Å². The van der Waals surface area contributed by atoms with Gasteiger partial charge in [0.15, 0.2) is 0 Å². The number of benzene rings is 1. The third-order valence-corrected chi connectivity index (χ3v) is 5.56. The van der Waals surface area contributed by atoms with Gasteiger partial charge in [-0.15, -0.1) is 0 Å². The Morgan fingerprint density at radius 2 is 1.56 bits per heavy atom. The molecule has 2 aromatic rings. The fraction of sp³-hybridized carbons (Fsp3) is 0.450. The molecule has 1 amide bonds. The molecule has 4 rings (SSSR count). The SMILES string of the molecule is O=C(Nc1cccc(F)c1)C1CCN(c2c(N3CCCC3)c(=O)c2=O)CC1. The molecule has 7 heteroatoms. The van der Waals surface area contributed by atoms with E-state index in [1.165, 1.54) is 12.1 Å². The molecule has 2 aromatic carbocycles. The van der Waals surface area contributed by atoms with Crippen molar-refractivity contribution in [2.45, 2.75) is 25.7 Å². The van der Waals surface area contributed by atoms with E-state index in [0.717, 1.165) is 25.9 Å². The maximum absolute atomic E-state index is 13.3. The number of halogens is 1. The summed E-state index contributed by atoms with van der Waals surface area (Å²) in [6, 6.07) is 5.83. The molecule has 0 spiro atoms. The van der Waals surface area contributed by atoms with Crippen LogP contribution in [0, 0.1) is 11.7 Å². The smallest absolute Gasteiger partial charge is 0.253 e. The Morgan fingerprint density at radius 3 is 2.15 bits per heavy atom. The lowest BCUT2D eigenvalue weighted by Gasteiger charge is -2.35. The van der Waals surface area contributed by atoms with E-state index in [-0.39, 0.29) is 17.3 Å². The van der Waals surface area contributed by atoms with Crippen molar-refractivity contribution in [3.05, 3.63) is 50.5 Å². The number of anilines is 3. The molecule has 2 saturated heterocycles. The Hall–Kier alpha value is -2.70. The minimum atomic E-state index is -0.403.